The normalized spacial score (nSPS) is 10.4. The van der Waals surface area contributed by atoms with E-state index in [1.807, 2.05) is 6.92 Å². The molecule has 0 bridgehead atoms. The molecular weight excluding hydrogens is 263 g/mol. The van der Waals surface area contributed by atoms with Gasteiger partial charge in [0.2, 0.25) is 5.88 Å². The number of nitrogens with one attached hydrogen (secondary N) is 1. The van der Waals surface area contributed by atoms with E-state index in [1.165, 1.54) is 19.2 Å². The Kier molecular flexibility index (Phi) is 4.02. The second kappa shape index (κ2) is 5.73. The molecule has 0 aliphatic carbocycles. The summed E-state index contributed by atoms with van der Waals surface area (Å²) in [5, 5.41) is 6.31. The number of hydrogen-bond acceptors (Lipinski definition) is 4. The fraction of sp³-hybridized carbons (Fsp3) is 0.286. The van der Waals surface area contributed by atoms with Crippen LogP contribution in [0.5, 0.6) is 5.75 Å². The molecule has 1 aromatic carbocycles. The van der Waals surface area contributed by atoms with Crippen LogP contribution in [0.15, 0.2) is 22.7 Å². The van der Waals surface area contributed by atoms with Gasteiger partial charge in [-0.25, -0.2) is 4.39 Å². The van der Waals surface area contributed by atoms with Gasteiger partial charge in [-0.05, 0) is 25.5 Å². The second-order valence-electron chi connectivity index (χ2n) is 4.21. The minimum Gasteiger partial charge on any atom is -0.494 e. The number of aromatic nitrogens is 1. The SMILES string of the molecule is CCc1c(C)noc1NC(=O)c1cccc(OC)c1F. The van der Waals surface area contributed by atoms with E-state index in [-0.39, 0.29) is 17.2 Å². The van der Waals surface area contributed by atoms with Crippen molar-refractivity contribution in [2.45, 2.75) is 20.3 Å². The Balaban J connectivity index is 2.29. The van der Waals surface area contributed by atoms with Gasteiger partial charge in [0.15, 0.2) is 11.6 Å². The van der Waals surface area contributed by atoms with Crippen molar-refractivity contribution in [1.29, 1.82) is 0 Å². The Hall–Kier alpha value is -2.37. The molecule has 0 radical (unpaired) electrons. The van der Waals surface area contributed by atoms with Crippen LogP contribution < -0.4 is 10.1 Å². The van der Waals surface area contributed by atoms with Gasteiger partial charge in [0.05, 0.1) is 18.4 Å². The molecule has 1 amide bonds. The summed E-state index contributed by atoms with van der Waals surface area (Å²) < 4.78 is 23.9. The van der Waals surface area contributed by atoms with Crippen molar-refractivity contribution >= 4 is 11.8 Å². The summed E-state index contributed by atoms with van der Waals surface area (Å²) in [4.78, 5) is 12.1. The molecule has 1 N–H and O–H groups in total. The Morgan fingerprint density at radius 3 is 2.90 bits per heavy atom. The number of amides is 1. The highest BCUT2D eigenvalue weighted by atomic mass is 19.1. The van der Waals surface area contributed by atoms with Gasteiger partial charge < -0.3 is 9.26 Å². The van der Waals surface area contributed by atoms with Crippen LogP contribution in [0.4, 0.5) is 10.3 Å². The zero-order valence-corrected chi connectivity index (χ0v) is 11.5. The first-order valence-corrected chi connectivity index (χ1v) is 6.17. The van der Waals surface area contributed by atoms with E-state index in [9.17, 15) is 9.18 Å². The molecule has 0 saturated heterocycles. The maximum absolute atomic E-state index is 14.0. The summed E-state index contributed by atoms with van der Waals surface area (Å²) in [7, 11) is 1.34. The van der Waals surface area contributed by atoms with Gasteiger partial charge in [-0.15, -0.1) is 0 Å². The molecule has 0 atom stereocenters. The number of carbonyl (C=O) groups excluding carboxylic acids is 1. The highest BCUT2D eigenvalue weighted by Gasteiger charge is 2.19. The predicted molar refractivity (Wildman–Crippen MR) is 71.5 cm³/mol. The van der Waals surface area contributed by atoms with E-state index in [0.717, 1.165) is 5.56 Å². The fourth-order valence-electron chi connectivity index (χ4n) is 1.92. The monoisotopic (exact) mass is 278 g/mol. The lowest BCUT2D eigenvalue weighted by Gasteiger charge is -2.07. The molecule has 20 heavy (non-hydrogen) atoms. The number of ether oxygens (including phenoxy) is 1. The molecule has 6 heteroatoms. The van der Waals surface area contributed by atoms with E-state index in [2.05, 4.69) is 10.5 Å². The van der Waals surface area contributed by atoms with Gasteiger partial charge >= 0.3 is 0 Å². The van der Waals surface area contributed by atoms with Crippen molar-refractivity contribution in [1.82, 2.24) is 5.16 Å². The smallest absolute Gasteiger partial charge is 0.261 e. The number of halogens is 1. The molecule has 2 rings (SSSR count). The second-order valence-corrected chi connectivity index (χ2v) is 4.21. The number of benzene rings is 1. The van der Waals surface area contributed by atoms with Crippen LogP contribution in [-0.4, -0.2) is 18.2 Å². The third-order valence-corrected chi connectivity index (χ3v) is 2.99. The van der Waals surface area contributed by atoms with Crippen LogP contribution in [0.2, 0.25) is 0 Å². The molecule has 0 fully saturated rings. The minimum absolute atomic E-state index is 0.0158. The molecule has 1 aromatic heterocycles. The van der Waals surface area contributed by atoms with Crippen molar-refractivity contribution < 1.29 is 18.4 Å². The lowest BCUT2D eigenvalue weighted by atomic mass is 10.1. The van der Waals surface area contributed by atoms with Crippen molar-refractivity contribution in [3.63, 3.8) is 0 Å². The molecule has 0 unspecified atom stereocenters. The zero-order chi connectivity index (χ0) is 14.7. The minimum atomic E-state index is -0.707. The largest absolute Gasteiger partial charge is 0.494 e. The van der Waals surface area contributed by atoms with Crippen LogP contribution in [-0.2, 0) is 6.42 Å². The number of nitrogens with zero attached hydrogens (tertiary/aromatic N) is 1. The summed E-state index contributed by atoms with van der Waals surface area (Å²) in [6.07, 6.45) is 0.658. The average molecular weight is 278 g/mol. The number of rotatable bonds is 4. The van der Waals surface area contributed by atoms with E-state index in [1.54, 1.807) is 13.0 Å². The maximum Gasteiger partial charge on any atom is 0.261 e. The van der Waals surface area contributed by atoms with Crippen LogP contribution in [0.3, 0.4) is 0 Å². The zero-order valence-electron chi connectivity index (χ0n) is 11.5. The first-order valence-electron chi connectivity index (χ1n) is 6.17. The summed E-state index contributed by atoms with van der Waals surface area (Å²) in [6, 6.07) is 4.37. The van der Waals surface area contributed by atoms with E-state index in [0.29, 0.717) is 12.1 Å². The summed E-state index contributed by atoms with van der Waals surface area (Å²) in [6.45, 7) is 3.70. The molecular formula is C14H15FN2O3. The molecule has 1 heterocycles. The average Bonchev–Trinajstić information content (AvgIpc) is 2.79. The van der Waals surface area contributed by atoms with E-state index >= 15 is 0 Å². The van der Waals surface area contributed by atoms with E-state index < -0.39 is 11.7 Å². The standard InChI is InChI=1S/C14H15FN2O3/c1-4-9-8(2)17-20-14(9)16-13(18)10-6-5-7-11(19-3)12(10)15/h5-7H,4H2,1-3H3,(H,16,18). The van der Waals surface area contributed by atoms with Crippen molar-refractivity contribution in [3.8, 4) is 5.75 Å². The quantitative estimate of drug-likeness (QED) is 0.933. The van der Waals surface area contributed by atoms with Crippen LogP contribution in [0.1, 0.15) is 28.5 Å². The van der Waals surface area contributed by atoms with Crippen LogP contribution in [0.25, 0.3) is 0 Å². The van der Waals surface area contributed by atoms with Crippen LogP contribution in [0, 0.1) is 12.7 Å². The molecule has 0 aliphatic heterocycles. The highest BCUT2D eigenvalue weighted by molar-refractivity contribution is 6.04. The molecule has 0 spiro atoms. The molecule has 106 valence electrons. The van der Waals surface area contributed by atoms with Crippen molar-refractivity contribution in [2.24, 2.45) is 0 Å². The number of aryl methyl sites for hydroxylation is 1. The van der Waals surface area contributed by atoms with Crippen molar-refractivity contribution in [2.75, 3.05) is 12.4 Å². The number of methoxy groups -OCH3 is 1. The first kappa shape index (κ1) is 14.0. The molecule has 0 aliphatic rings. The number of anilines is 1. The molecule has 2 aromatic rings. The third-order valence-electron chi connectivity index (χ3n) is 2.99. The Morgan fingerprint density at radius 2 is 2.25 bits per heavy atom. The summed E-state index contributed by atoms with van der Waals surface area (Å²) >= 11 is 0. The third kappa shape index (κ3) is 2.49. The van der Waals surface area contributed by atoms with Gasteiger partial charge in [-0.3, -0.25) is 10.1 Å². The van der Waals surface area contributed by atoms with Gasteiger partial charge in [0, 0.05) is 5.56 Å². The van der Waals surface area contributed by atoms with Gasteiger partial charge in [0.1, 0.15) is 0 Å². The Bertz CT molecular complexity index is 637. The summed E-state index contributed by atoms with van der Waals surface area (Å²) in [5.41, 5.74) is 1.39. The van der Waals surface area contributed by atoms with Gasteiger partial charge in [0.25, 0.3) is 5.91 Å². The Labute approximate surface area is 115 Å². The highest BCUT2D eigenvalue weighted by Crippen LogP contribution is 2.23. The Morgan fingerprint density at radius 1 is 1.50 bits per heavy atom. The predicted octanol–water partition coefficient (Wildman–Crippen LogP) is 2.95. The van der Waals surface area contributed by atoms with E-state index in [4.69, 9.17) is 9.26 Å². The van der Waals surface area contributed by atoms with Gasteiger partial charge in [-0.1, -0.05) is 18.1 Å². The van der Waals surface area contributed by atoms with Crippen molar-refractivity contribution in [3.05, 3.63) is 40.8 Å². The first-order chi connectivity index (χ1) is 9.58. The topological polar surface area (TPSA) is 64.4 Å². The number of hydrogen-bond donors (Lipinski definition) is 1. The van der Waals surface area contributed by atoms with Gasteiger partial charge in [-0.2, -0.15) is 0 Å². The molecule has 5 nitrogen and oxygen atoms in total. The lowest BCUT2D eigenvalue weighted by molar-refractivity contribution is 0.101. The number of carbonyl (C=O) groups is 1. The molecule has 0 saturated carbocycles. The summed E-state index contributed by atoms with van der Waals surface area (Å²) in [5.74, 6) is -1.05. The lowest BCUT2D eigenvalue weighted by Crippen LogP contribution is -2.14. The van der Waals surface area contributed by atoms with Crippen LogP contribution >= 0.6 is 0 Å². The fourth-order valence-corrected chi connectivity index (χ4v) is 1.92. The maximum atomic E-state index is 14.0.